The van der Waals surface area contributed by atoms with E-state index in [4.69, 9.17) is 29.9 Å². The van der Waals surface area contributed by atoms with Gasteiger partial charge in [0.15, 0.2) is 0 Å². The number of carbonyl (C=O) groups is 3. The molecule has 0 spiro atoms. The van der Waals surface area contributed by atoms with Crippen LogP contribution in [0.5, 0.6) is 17.2 Å². The second kappa shape index (κ2) is 34.0. The zero-order valence-corrected chi connectivity index (χ0v) is 55.3. The lowest BCUT2D eigenvalue weighted by molar-refractivity contribution is 0.0693. The molecule has 0 saturated carbocycles. The number of carboxylic acids is 1. The van der Waals surface area contributed by atoms with Crippen LogP contribution in [-0.2, 0) is 13.7 Å². The fourth-order valence-corrected chi connectivity index (χ4v) is 10.5. The monoisotopic (exact) mass is 1410 g/mol. The van der Waals surface area contributed by atoms with Gasteiger partial charge in [-0.3, -0.25) is 38.9 Å². The fraction of sp³-hybridized carbons (Fsp3) is 0.0909. The lowest BCUT2D eigenvalue weighted by atomic mass is 9.98. The minimum Gasteiger partial charge on any atom is -0.497 e. The predicted octanol–water partition coefficient (Wildman–Crippen LogP) is 5.44. The third-order valence-corrected chi connectivity index (χ3v) is 16.8. The molecule has 0 bridgehead atoms. The van der Waals surface area contributed by atoms with E-state index in [1.54, 1.807) is 168 Å². The Hall–Kier alpha value is -12.5. The third kappa shape index (κ3) is 18.6. The molecule has 6 aromatic heterocycles. The maximum atomic E-state index is 13.0. The second-order valence-corrected chi connectivity index (χ2v) is 23.9. The van der Waals surface area contributed by atoms with E-state index < -0.39 is 76.2 Å². The van der Waals surface area contributed by atoms with Crippen molar-refractivity contribution in [1.82, 2.24) is 69.9 Å². The van der Waals surface area contributed by atoms with Gasteiger partial charge in [-0.1, -0.05) is 72.8 Å². The van der Waals surface area contributed by atoms with Crippen LogP contribution in [0.25, 0.3) is 17.8 Å². The van der Waals surface area contributed by atoms with Gasteiger partial charge in [-0.05, 0) is 138 Å². The summed E-state index contributed by atoms with van der Waals surface area (Å²) >= 11 is 0. The summed E-state index contributed by atoms with van der Waals surface area (Å²) in [6.07, 6.45) is 12.8. The van der Waals surface area contributed by atoms with Gasteiger partial charge in [0, 0.05) is 49.6 Å². The van der Waals surface area contributed by atoms with Gasteiger partial charge in [-0.2, -0.15) is 30.0 Å². The molecule has 6 heterocycles. The highest BCUT2D eigenvalue weighted by atomic mass is 31.1. The minimum atomic E-state index is -2.48. The molecule has 0 saturated heterocycles. The zero-order chi connectivity index (χ0) is 71.4. The highest BCUT2D eigenvalue weighted by molar-refractivity contribution is 7.47. The van der Waals surface area contributed by atoms with Crippen molar-refractivity contribution in [3.05, 3.63) is 301 Å². The van der Waals surface area contributed by atoms with E-state index in [1.807, 2.05) is 24.3 Å². The summed E-state index contributed by atoms with van der Waals surface area (Å²) in [7, 11) is -2.54. The van der Waals surface area contributed by atoms with Gasteiger partial charge in [-0.15, -0.1) is 0 Å². The Bertz CT molecular complexity index is 4780. The van der Waals surface area contributed by atoms with Crippen LogP contribution in [-0.4, -0.2) is 118 Å². The minimum absolute atomic E-state index is 0.167. The van der Waals surface area contributed by atoms with Gasteiger partial charge >= 0.3 is 30.1 Å². The molecule has 34 heteroatoms. The van der Waals surface area contributed by atoms with E-state index in [2.05, 4.69) is 55.8 Å². The summed E-state index contributed by atoms with van der Waals surface area (Å²) in [4.78, 5) is 120. The number of amides is 2. The number of nitrogens with two attached hydrogens (primary N) is 1. The summed E-state index contributed by atoms with van der Waals surface area (Å²) in [5.74, 6) is 0.0404. The van der Waals surface area contributed by atoms with Gasteiger partial charge in [0.05, 0.1) is 45.7 Å². The maximum Gasteiger partial charge on any atom is 0.546 e. The number of H-pyrrole nitrogens is 3. The third-order valence-electron chi connectivity index (χ3n) is 14.5. The van der Waals surface area contributed by atoms with Crippen molar-refractivity contribution in [3.8, 4) is 35.1 Å². The Morgan fingerprint density at radius 1 is 0.430 bits per heavy atom. The van der Waals surface area contributed by atoms with Crippen LogP contribution in [0, 0.1) is 0 Å². The van der Waals surface area contributed by atoms with Crippen molar-refractivity contribution >= 4 is 57.8 Å². The number of hydrogen-bond donors (Lipinski definition) is 10. The number of carboxylic acid groups (broad SMARTS) is 1. The molecule has 6 atom stereocenters. The number of ether oxygens (including phenoxy) is 3. The lowest BCUT2D eigenvalue weighted by Crippen LogP contribution is -2.34. The number of hydrogen-bond acceptors (Lipinski definition) is 19. The summed E-state index contributed by atoms with van der Waals surface area (Å²) < 4.78 is 53.2. The Balaban J connectivity index is 0.000000163. The average molecular weight is 1410 g/mol. The standard InChI is InChI=1S/2C22H18N5O5P.C14H14NO3P.C8H6N4O3/c2*1-32-16-7-3-14(4-8-16)19(15-5-9-17(10-6-15)33(30)31)25-20(28)18-13-23-22(26-21(18)29)27-12-2-11-24-27;1-18-12-6-2-10(3-7-12)14(15)11-4-8-13(9-5-11)19(16)17;13-6-5(7(14)15)4-9-8(11-6)12-3-1-2-10-12/h2*2-13,19H,1H3,(H2-,23,25,26,28,29,30,31);2-9,14H,15H2,1H3;1-4H,(H,14,15)(H,9,11,13)/p+3. The number of methoxy groups -OCH3 is 3. The van der Waals surface area contributed by atoms with Crippen molar-refractivity contribution in [2.75, 3.05) is 21.3 Å². The van der Waals surface area contributed by atoms with Gasteiger partial charge < -0.3 is 35.7 Å². The predicted molar refractivity (Wildman–Crippen MR) is 364 cm³/mol. The largest absolute Gasteiger partial charge is 0.546 e. The molecule has 0 aliphatic heterocycles. The highest BCUT2D eigenvalue weighted by Crippen LogP contribution is 2.28. The normalized spacial score (nSPS) is 12.0. The number of nitrogens with zero attached hydrogens (tertiary/aromatic N) is 9. The average Bonchev–Trinajstić information content (AvgIpc) is 1.06. The molecule has 0 fully saturated rings. The van der Waals surface area contributed by atoms with E-state index in [0.717, 1.165) is 34.2 Å². The molecule has 100 heavy (non-hydrogen) atoms. The van der Waals surface area contributed by atoms with Crippen molar-refractivity contribution in [1.29, 1.82) is 0 Å². The van der Waals surface area contributed by atoms with Crippen molar-refractivity contribution in [3.63, 3.8) is 0 Å². The summed E-state index contributed by atoms with van der Waals surface area (Å²) in [5.41, 5.74) is 8.11. The van der Waals surface area contributed by atoms with E-state index in [-0.39, 0.29) is 45.6 Å². The van der Waals surface area contributed by atoms with E-state index >= 15 is 0 Å². The van der Waals surface area contributed by atoms with Crippen LogP contribution in [0.1, 0.15) is 82.6 Å². The first kappa shape index (κ1) is 71.8. The number of aromatic nitrogens is 12. The van der Waals surface area contributed by atoms with Crippen LogP contribution in [0.4, 0.5) is 0 Å². The van der Waals surface area contributed by atoms with Crippen LogP contribution in [0.3, 0.4) is 0 Å². The van der Waals surface area contributed by atoms with Gasteiger partial charge in [-0.25, -0.2) is 33.8 Å². The molecule has 31 nitrogen and oxygen atoms in total. The molecule has 2 amide bonds. The second-order valence-electron chi connectivity index (χ2n) is 20.7. The van der Waals surface area contributed by atoms with Gasteiger partial charge in [0.1, 0.15) is 33.9 Å². The smallest absolute Gasteiger partial charge is 0.497 e. The van der Waals surface area contributed by atoms with Crippen molar-refractivity contribution < 1.29 is 62.1 Å². The topological polar surface area (TPSA) is 452 Å². The first-order valence-electron chi connectivity index (χ1n) is 29.3. The van der Waals surface area contributed by atoms with Crippen molar-refractivity contribution in [2.24, 2.45) is 5.73 Å². The lowest BCUT2D eigenvalue weighted by Gasteiger charge is -2.20. The van der Waals surface area contributed by atoms with E-state index in [9.17, 15) is 52.2 Å². The van der Waals surface area contributed by atoms with E-state index in [1.165, 1.54) is 56.9 Å². The Labute approximate surface area is 568 Å². The maximum absolute atomic E-state index is 13.0. The summed E-state index contributed by atoms with van der Waals surface area (Å²) in [6, 6.07) is 44.6. The quantitative estimate of drug-likeness (QED) is 0.0424. The molecule has 506 valence electrons. The molecular weight excluding hydrogens is 1350 g/mol. The zero-order valence-electron chi connectivity index (χ0n) is 52.6. The first-order valence-corrected chi connectivity index (χ1v) is 32.9. The van der Waals surface area contributed by atoms with Crippen LogP contribution >= 0.6 is 24.1 Å². The number of carbonyl (C=O) groups excluding carboxylic acids is 2. The SMILES string of the molecule is COc1ccc(C(N)c2ccc([P+](=O)O)cc2)cc1.COc1ccc(C(NC(=O)c2cnc(-n3cccn3)[nH]c2=O)c2ccc([P+](=O)O)cc2)cc1.COc1ccc(C(NC(=O)c2cnc(-n3cccn3)[nH]c2=O)c2ccc([P+](=O)O)cc2)cc1.O=C(O)c1cnc(-n2cccn2)[nH]c1=O. The van der Waals surface area contributed by atoms with Crippen LogP contribution in [0.15, 0.2) is 234 Å². The molecule has 12 aromatic rings. The molecule has 0 aliphatic rings. The summed E-state index contributed by atoms with van der Waals surface area (Å²) in [5, 5.41) is 27.1. The Kier molecular flexibility index (Phi) is 24.4. The van der Waals surface area contributed by atoms with Crippen LogP contribution < -0.4 is 63.2 Å². The first-order chi connectivity index (χ1) is 48.2. The number of aromatic amines is 3. The van der Waals surface area contributed by atoms with Crippen LogP contribution in [0.2, 0.25) is 0 Å². The number of nitrogens with one attached hydrogen (secondary N) is 5. The Morgan fingerprint density at radius 2 is 0.690 bits per heavy atom. The fourth-order valence-electron chi connectivity index (χ4n) is 9.29. The Morgan fingerprint density at radius 3 is 0.930 bits per heavy atom. The molecular formula is C66H59N15O16P3+3. The molecule has 0 aliphatic carbocycles. The highest BCUT2D eigenvalue weighted by Gasteiger charge is 2.26. The molecule has 0 radical (unpaired) electrons. The van der Waals surface area contributed by atoms with Crippen molar-refractivity contribution in [2.45, 2.75) is 18.1 Å². The molecule has 6 aromatic carbocycles. The summed E-state index contributed by atoms with van der Waals surface area (Å²) in [6.45, 7) is 0. The molecule has 6 unspecified atom stereocenters. The molecule has 11 N–H and O–H groups in total. The van der Waals surface area contributed by atoms with E-state index in [0.29, 0.717) is 27.9 Å². The van der Waals surface area contributed by atoms with Gasteiger partial charge in [0.2, 0.25) is 33.8 Å². The number of benzene rings is 6. The number of rotatable bonds is 20. The number of aromatic carboxylic acids is 1. The van der Waals surface area contributed by atoms with Gasteiger partial charge in [0.25, 0.3) is 28.5 Å². The molecule has 12 rings (SSSR count).